The first kappa shape index (κ1) is 12.4. The molecule has 0 amide bonds. The Bertz CT molecular complexity index is 505. The third kappa shape index (κ3) is 1.88. The summed E-state index contributed by atoms with van der Waals surface area (Å²) in [5, 5.41) is 0. The summed E-state index contributed by atoms with van der Waals surface area (Å²) in [5.41, 5.74) is 0.621. The fraction of sp³-hybridized carbons (Fsp3) is 0.643. The lowest BCUT2D eigenvalue weighted by Crippen LogP contribution is -2.37. The topological polar surface area (TPSA) is 55.3 Å². The van der Waals surface area contributed by atoms with Crippen LogP contribution in [-0.2, 0) is 9.53 Å². The van der Waals surface area contributed by atoms with Gasteiger partial charge in [-0.25, -0.2) is 9.97 Å². The second kappa shape index (κ2) is 4.47. The molecule has 1 aromatic heterocycles. The summed E-state index contributed by atoms with van der Waals surface area (Å²) in [7, 11) is 1.48. The maximum absolute atomic E-state index is 12.2. The summed E-state index contributed by atoms with van der Waals surface area (Å²) in [6.07, 6.45) is 4.91. The Morgan fingerprint density at radius 2 is 2.42 bits per heavy atom. The lowest BCUT2D eigenvalue weighted by Gasteiger charge is -2.25. The standard InChI is InChI=1S/C14H19N3O2/c1-10-5-7-15-13(16-10)17-8-11-4-3-6-14(11,9-17)12(18)19-2/h5,7,11H,3-4,6,8-9H2,1-2H3. The molecular weight excluding hydrogens is 242 g/mol. The molecule has 0 N–H and O–H groups in total. The molecule has 1 aliphatic carbocycles. The average molecular weight is 261 g/mol. The molecule has 1 saturated carbocycles. The molecule has 1 saturated heterocycles. The van der Waals surface area contributed by atoms with Crippen LogP contribution in [0.5, 0.6) is 0 Å². The highest BCUT2D eigenvalue weighted by molar-refractivity contribution is 5.79. The number of ether oxygens (including phenoxy) is 1. The van der Waals surface area contributed by atoms with E-state index >= 15 is 0 Å². The van der Waals surface area contributed by atoms with Gasteiger partial charge in [-0.1, -0.05) is 6.42 Å². The number of hydrogen-bond donors (Lipinski definition) is 0. The van der Waals surface area contributed by atoms with Gasteiger partial charge in [0.15, 0.2) is 0 Å². The van der Waals surface area contributed by atoms with Crippen molar-refractivity contribution in [3.05, 3.63) is 18.0 Å². The van der Waals surface area contributed by atoms with Crippen molar-refractivity contribution < 1.29 is 9.53 Å². The van der Waals surface area contributed by atoms with Crippen molar-refractivity contribution in [2.24, 2.45) is 11.3 Å². The monoisotopic (exact) mass is 261 g/mol. The number of anilines is 1. The van der Waals surface area contributed by atoms with E-state index in [1.807, 2.05) is 13.0 Å². The van der Waals surface area contributed by atoms with Gasteiger partial charge in [0.2, 0.25) is 5.95 Å². The fourth-order valence-corrected chi connectivity index (χ4v) is 3.57. The molecule has 102 valence electrons. The van der Waals surface area contributed by atoms with Gasteiger partial charge >= 0.3 is 5.97 Å². The maximum atomic E-state index is 12.2. The molecule has 2 aliphatic rings. The van der Waals surface area contributed by atoms with E-state index in [9.17, 15) is 4.79 Å². The average Bonchev–Trinajstić information content (AvgIpc) is 2.95. The Hall–Kier alpha value is -1.65. The molecule has 5 heteroatoms. The van der Waals surface area contributed by atoms with Crippen LogP contribution in [0.4, 0.5) is 5.95 Å². The van der Waals surface area contributed by atoms with Crippen molar-refractivity contribution in [3.8, 4) is 0 Å². The molecule has 5 nitrogen and oxygen atoms in total. The lowest BCUT2D eigenvalue weighted by atomic mass is 9.81. The molecule has 0 spiro atoms. The number of nitrogens with zero attached hydrogens (tertiary/aromatic N) is 3. The Morgan fingerprint density at radius 3 is 3.16 bits per heavy atom. The number of fused-ring (bicyclic) bond motifs is 1. The van der Waals surface area contributed by atoms with E-state index in [4.69, 9.17) is 4.74 Å². The van der Waals surface area contributed by atoms with Gasteiger partial charge in [-0.3, -0.25) is 4.79 Å². The van der Waals surface area contributed by atoms with Crippen LogP contribution in [0.3, 0.4) is 0 Å². The molecule has 0 bridgehead atoms. The van der Waals surface area contributed by atoms with E-state index in [0.29, 0.717) is 12.5 Å². The van der Waals surface area contributed by atoms with E-state index in [-0.39, 0.29) is 11.4 Å². The van der Waals surface area contributed by atoms with Crippen LogP contribution in [0, 0.1) is 18.3 Å². The summed E-state index contributed by atoms with van der Waals surface area (Å²) >= 11 is 0. The molecule has 0 aromatic carbocycles. The van der Waals surface area contributed by atoms with E-state index in [2.05, 4.69) is 14.9 Å². The van der Waals surface area contributed by atoms with Crippen LogP contribution < -0.4 is 4.90 Å². The smallest absolute Gasteiger partial charge is 0.313 e. The minimum absolute atomic E-state index is 0.0647. The van der Waals surface area contributed by atoms with Gasteiger partial charge in [0.05, 0.1) is 12.5 Å². The minimum Gasteiger partial charge on any atom is -0.469 e. The summed E-state index contributed by atoms with van der Waals surface area (Å²) < 4.78 is 5.04. The quantitative estimate of drug-likeness (QED) is 0.756. The molecule has 2 fully saturated rings. The van der Waals surface area contributed by atoms with E-state index < -0.39 is 0 Å². The number of aryl methyl sites for hydroxylation is 1. The molecule has 2 heterocycles. The Kier molecular flexibility index (Phi) is 2.92. The van der Waals surface area contributed by atoms with Crippen LogP contribution in [0.25, 0.3) is 0 Å². The molecule has 3 rings (SSSR count). The zero-order valence-electron chi connectivity index (χ0n) is 11.4. The molecule has 2 unspecified atom stereocenters. The largest absolute Gasteiger partial charge is 0.469 e. The summed E-state index contributed by atoms with van der Waals surface area (Å²) in [4.78, 5) is 23.1. The lowest BCUT2D eigenvalue weighted by molar-refractivity contribution is -0.152. The fourth-order valence-electron chi connectivity index (χ4n) is 3.57. The number of methoxy groups -OCH3 is 1. The summed E-state index contributed by atoms with van der Waals surface area (Å²) in [5.74, 6) is 1.05. The van der Waals surface area contributed by atoms with Crippen molar-refractivity contribution in [3.63, 3.8) is 0 Å². The number of aromatic nitrogens is 2. The number of rotatable bonds is 2. The van der Waals surface area contributed by atoms with E-state index in [0.717, 1.165) is 37.4 Å². The van der Waals surface area contributed by atoms with Crippen LogP contribution in [0.2, 0.25) is 0 Å². The number of esters is 1. The normalized spacial score (nSPS) is 29.4. The van der Waals surface area contributed by atoms with Crippen LogP contribution in [-0.4, -0.2) is 36.1 Å². The maximum Gasteiger partial charge on any atom is 0.313 e. The van der Waals surface area contributed by atoms with Crippen molar-refractivity contribution in [2.45, 2.75) is 26.2 Å². The van der Waals surface area contributed by atoms with Gasteiger partial charge in [0.1, 0.15) is 0 Å². The van der Waals surface area contributed by atoms with Crippen molar-refractivity contribution in [2.75, 3.05) is 25.1 Å². The molecule has 0 radical (unpaired) electrons. The first-order valence-electron chi connectivity index (χ1n) is 6.79. The highest BCUT2D eigenvalue weighted by Crippen LogP contribution is 2.49. The van der Waals surface area contributed by atoms with Crippen molar-refractivity contribution >= 4 is 11.9 Å². The van der Waals surface area contributed by atoms with Gasteiger partial charge in [0, 0.05) is 25.0 Å². The van der Waals surface area contributed by atoms with Gasteiger partial charge in [-0.15, -0.1) is 0 Å². The third-order valence-electron chi connectivity index (χ3n) is 4.53. The first-order chi connectivity index (χ1) is 9.15. The van der Waals surface area contributed by atoms with Crippen molar-refractivity contribution in [1.29, 1.82) is 0 Å². The summed E-state index contributed by atoms with van der Waals surface area (Å²) in [6, 6.07) is 1.89. The van der Waals surface area contributed by atoms with Gasteiger partial charge < -0.3 is 9.64 Å². The predicted octanol–water partition coefficient (Wildman–Crippen LogP) is 1.56. The molecule has 1 aromatic rings. The Morgan fingerprint density at radius 1 is 1.58 bits per heavy atom. The molecule has 1 aliphatic heterocycles. The van der Waals surface area contributed by atoms with Gasteiger partial charge in [-0.05, 0) is 31.7 Å². The van der Waals surface area contributed by atoms with Crippen LogP contribution in [0.1, 0.15) is 25.0 Å². The molecule has 2 atom stereocenters. The second-order valence-electron chi connectivity index (χ2n) is 5.62. The minimum atomic E-state index is -0.331. The van der Waals surface area contributed by atoms with Gasteiger partial charge in [0.25, 0.3) is 0 Å². The predicted molar refractivity (Wildman–Crippen MR) is 70.8 cm³/mol. The third-order valence-corrected chi connectivity index (χ3v) is 4.53. The zero-order chi connectivity index (χ0) is 13.5. The number of carbonyl (C=O) groups excluding carboxylic acids is 1. The van der Waals surface area contributed by atoms with Crippen molar-refractivity contribution in [1.82, 2.24) is 9.97 Å². The van der Waals surface area contributed by atoms with Crippen LogP contribution >= 0.6 is 0 Å². The highest BCUT2D eigenvalue weighted by atomic mass is 16.5. The molecular formula is C14H19N3O2. The first-order valence-corrected chi connectivity index (χ1v) is 6.79. The number of carbonyl (C=O) groups is 1. The number of hydrogen-bond acceptors (Lipinski definition) is 5. The zero-order valence-corrected chi connectivity index (χ0v) is 11.4. The Balaban J connectivity index is 1.88. The van der Waals surface area contributed by atoms with E-state index in [1.165, 1.54) is 7.11 Å². The SMILES string of the molecule is COC(=O)C12CCCC1CN(c1nccc(C)n1)C2. The van der Waals surface area contributed by atoms with Crippen LogP contribution in [0.15, 0.2) is 12.3 Å². The molecule has 19 heavy (non-hydrogen) atoms. The summed E-state index contributed by atoms with van der Waals surface area (Å²) in [6.45, 7) is 3.50. The van der Waals surface area contributed by atoms with Gasteiger partial charge in [-0.2, -0.15) is 0 Å². The second-order valence-corrected chi connectivity index (χ2v) is 5.62. The highest BCUT2D eigenvalue weighted by Gasteiger charge is 2.55. The Labute approximate surface area is 113 Å². The van der Waals surface area contributed by atoms with E-state index in [1.54, 1.807) is 6.20 Å².